The lowest BCUT2D eigenvalue weighted by molar-refractivity contribution is -0.150. The van der Waals surface area contributed by atoms with E-state index in [0.717, 1.165) is 56.3 Å². The van der Waals surface area contributed by atoms with Crippen LogP contribution < -0.4 is 5.32 Å². The van der Waals surface area contributed by atoms with Crippen molar-refractivity contribution >= 4 is 29.7 Å². The van der Waals surface area contributed by atoms with Crippen molar-refractivity contribution in [2.45, 2.75) is 62.9 Å². The predicted molar refractivity (Wildman–Crippen MR) is 104 cm³/mol. The van der Waals surface area contributed by atoms with Gasteiger partial charge in [0.2, 0.25) is 11.8 Å². The van der Waals surface area contributed by atoms with Gasteiger partial charge in [-0.15, -0.1) is 0 Å². The molecule has 0 aromatic heterocycles. The summed E-state index contributed by atoms with van der Waals surface area (Å²) in [6.45, 7) is -0.655. The molecule has 9 heteroatoms. The third kappa shape index (κ3) is 3.18. The topological polar surface area (TPSA) is 107 Å². The highest BCUT2D eigenvalue weighted by molar-refractivity contribution is 6.45. The second kappa shape index (κ2) is 6.78. The second-order valence-electron chi connectivity index (χ2n) is 10.0. The number of nitrogens with one attached hydrogen (secondary N) is 1. The van der Waals surface area contributed by atoms with Crippen molar-refractivity contribution in [3.8, 4) is 0 Å². The molecule has 0 unspecified atom stereocenters. The first-order valence-corrected chi connectivity index (χ1v) is 11.0. The van der Waals surface area contributed by atoms with Crippen LogP contribution in [0.5, 0.6) is 0 Å². The van der Waals surface area contributed by atoms with E-state index in [1.165, 1.54) is 16.8 Å². The molecule has 6 aliphatic rings. The quantitative estimate of drug-likeness (QED) is 0.501. The molecular formula is C21H28N4O5. The highest BCUT2D eigenvalue weighted by Crippen LogP contribution is 2.58. The summed E-state index contributed by atoms with van der Waals surface area (Å²) in [5, 5.41) is 2.80. The average molecular weight is 416 g/mol. The van der Waals surface area contributed by atoms with Crippen LogP contribution in [0.3, 0.4) is 0 Å². The van der Waals surface area contributed by atoms with Gasteiger partial charge in [-0.1, -0.05) is 0 Å². The maximum atomic E-state index is 13.1. The van der Waals surface area contributed by atoms with Crippen LogP contribution in [0.2, 0.25) is 0 Å². The molecule has 4 bridgehead atoms. The van der Waals surface area contributed by atoms with E-state index in [9.17, 15) is 24.0 Å². The largest absolute Gasteiger partial charge is 0.352 e. The fraction of sp³-hybridized carbons (Fsp3) is 0.762. The Morgan fingerprint density at radius 2 is 1.57 bits per heavy atom. The van der Waals surface area contributed by atoms with Gasteiger partial charge in [0.25, 0.3) is 0 Å². The lowest BCUT2D eigenvalue weighted by Gasteiger charge is -2.58. The van der Waals surface area contributed by atoms with Crippen molar-refractivity contribution in [1.29, 1.82) is 0 Å². The summed E-state index contributed by atoms with van der Waals surface area (Å²) in [5.74, 6) is -0.999. The minimum atomic E-state index is -0.931. The van der Waals surface area contributed by atoms with E-state index in [-0.39, 0.29) is 18.5 Å². The molecule has 0 atom stereocenters. The van der Waals surface area contributed by atoms with Gasteiger partial charge >= 0.3 is 17.8 Å². The molecule has 0 radical (unpaired) electrons. The zero-order valence-electron chi connectivity index (χ0n) is 17.3. The summed E-state index contributed by atoms with van der Waals surface area (Å²) in [5.41, 5.74) is -0.563. The smallest absolute Gasteiger partial charge is 0.335 e. The number of imide groups is 2. The van der Waals surface area contributed by atoms with Crippen molar-refractivity contribution in [2.75, 3.05) is 20.1 Å². The van der Waals surface area contributed by atoms with Crippen LogP contribution in [-0.2, 0) is 19.2 Å². The molecule has 5 aliphatic carbocycles. The number of amides is 6. The molecule has 6 fully saturated rings. The van der Waals surface area contributed by atoms with Crippen molar-refractivity contribution in [2.24, 2.45) is 17.8 Å². The molecule has 1 N–H and O–H groups in total. The van der Waals surface area contributed by atoms with Gasteiger partial charge in [-0.2, -0.15) is 0 Å². The predicted octanol–water partition coefficient (Wildman–Crippen LogP) is 0.483. The first kappa shape index (κ1) is 19.5. The minimum absolute atomic E-state index is 0.141. The Hall–Kier alpha value is -2.45. The molecule has 30 heavy (non-hydrogen) atoms. The Bertz CT molecular complexity index is 800. The van der Waals surface area contributed by atoms with Gasteiger partial charge in [0.05, 0.1) is 12.1 Å². The van der Waals surface area contributed by atoms with Gasteiger partial charge in [-0.3, -0.25) is 19.2 Å². The highest BCUT2D eigenvalue weighted by atomic mass is 16.2. The van der Waals surface area contributed by atoms with Crippen LogP contribution in [0.15, 0.2) is 0 Å². The molecule has 162 valence electrons. The first-order valence-electron chi connectivity index (χ1n) is 11.0. The van der Waals surface area contributed by atoms with Gasteiger partial charge in [0, 0.05) is 13.1 Å². The average Bonchev–Trinajstić information content (AvgIpc) is 3.44. The van der Waals surface area contributed by atoms with Gasteiger partial charge in [-0.05, 0) is 69.1 Å². The Morgan fingerprint density at radius 1 is 1.00 bits per heavy atom. The number of hydrogen-bond acceptors (Lipinski definition) is 5. The van der Waals surface area contributed by atoms with Gasteiger partial charge in [0.1, 0.15) is 6.54 Å². The number of rotatable bonds is 6. The lowest BCUT2D eigenvalue weighted by Crippen LogP contribution is -2.62. The van der Waals surface area contributed by atoms with E-state index in [4.69, 9.17) is 0 Å². The number of nitrogens with zero attached hydrogens (tertiary/aromatic N) is 3. The van der Waals surface area contributed by atoms with Crippen LogP contribution in [-0.4, -0.2) is 76.1 Å². The third-order valence-corrected chi connectivity index (χ3v) is 7.58. The van der Waals surface area contributed by atoms with Crippen LogP contribution in [0.4, 0.5) is 4.79 Å². The summed E-state index contributed by atoms with van der Waals surface area (Å²) in [6, 6.07) is -0.481. The van der Waals surface area contributed by atoms with Crippen molar-refractivity contribution in [3.63, 3.8) is 0 Å². The number of carbonyl (C=O) groups is 5. The molecule has 0 spiro atoms. The van der Waals surface area contributed by atoms with Gasteiger partial charge in [0.15, 0.2) is 0 Å². The van der Waals surface area contributed by atoms with E-state index < -0.39 is 35.8 Å². The monoisotopic (exact) mass is 416 g/mol. The summed E-state index contributed by atoms with van der Waals surface area (Å²) in [7, 11) is 1.46. The van der Waals surface area contributed by atoms with E-state index in [1.54, 1.807) is 0 Å². The molecule has 6 amide bonds. The van der Waals surface area contributed by atoms with Crippen molar-refractivity contribution in [1.82, 2.24) is 20.0 Å². The van der Waals surface area contributed by atoms with E-state index in [0.29, 0.717) is 17.8 Å². The molecule has 1 heterocycles. The summed E-state index contributed by atoms with van der Waals surface area (Å²) < 4.78 is 0. The van der Waals surface area contributed by atoms with E-state index >= 15 is 0 Å². The van der Waals surface area contributed by atoms with Crippen LogP contribution in [0.1, 0.15) is 51.4 Å². The molecule has 0 aromatic carbocycles. The standard InChI is InChI=1S/C21H28N4O5/c1-23(10-16(26)22-15-2-3-15)17(27)11-24-18(28)19(29)25(20(24)30)21-7-12-4-13(8-21)6-14(5-12)9-21/h12-15H,2-11H2,1H3,(H,22,26). The van der Waals surface area contributed by atoms with E-state index in [2.05, 4.69) is 5.32 Å². The van der Waals surface area contributed by atoms with Crippen LogP contribution >= 0.6 is 0 Å². The Balaban J connectivity index is 1.27. The fourth-order valence-electron chi connectivity index (χ4n) is 6.46. The van der Waals surface area contributed by atoms with Crippen LogP contribution in [0, 0.1) is 17.8 Å². The maximum Gasteiger partial charge on any atom is 0.335 e. The van der Waals surface area contributed by atoms with Gasteiger partial charge in [-0.25, -0.2) is 14.6 Å². The summed E-state index contributed by atoms with van der Waals surface area (Å²) in [6.07, 6.45) is 7.66. The maximum absolute atomic E-state index is 13.1. The Labute approximate surface area is 175 Å². The van der Waals surface area contributed by atoms with Crippen molar-refractivity contribution in [3.05, 3.63) is 0 Å². The highest BCUT2D eigenvalue weighted by Gasteiger charge is 2.61. The SMILES string of the molecule is CN(CC(=O)NC1CC1)C(=O)CN1C(=O)C(=O)N(C23CC4CC(CC(C4)C2)C3)C1=O. The normalized spacial score (nSPS) is 34.7. The molecule has 1 saturated heterocycles. The summed E-state index contributed by atoms with van der Waals surface area (Å²) in [4.78, 5) is 66.2. The fourth-order valence-corrected chi connectivity index (χ4v) is 6.46. The molecule has 5 saturated carbocycles. The molecule has 0 aromatic rings. The lowest BCUT2D eigenvalue weighted by atomic mass is 9.52. The van der Waals surface area contributed by atoms with Crippen LogP contribution in [0.25, 0.3) is 0 Å². The van der Waals surface area contributed by atoms with E-state index in [1.807, 2.05) is 0 Å². The Morgan fingerprint density at radius 3 is 2.10 bits per heavy atom. The first-order chi connectivity index (χ1) is 14.3. The third-order valence-electron chi connectivity index (χ3n) is 7.58. The molecule has 6 rings (SSSR count). The zero-order chi connectivity index (χ0) is 21.2. The van der Waals surface area contributed by atoms with Crippen molar-refractivity contribution < 1.29 is 24.0 Å². The Kier molecular flexibility index (Phi) is 4.41. The molecule has 9 nitrogen and oxygen atoms in total. The molecule has 1 aliphatic heterocycles. The zero-order valence-corrected chi connectivity index (χ0v) is 17.3. The number of likely N-dealkylation sites (N-methyl/N-ethyl adjacent to an activating group) is 1. The summed E-state index contributed by atoms with van der Waals surface area (Å²) >= 11 is 0. The minimum Gasteiger partial charge on any atom is -0.352 e. The molecular weight excluding hydrogens is 388 g/mol. The number of urea groups is 1. The number of carbonyl (C=O) groups excluding carboxylic acids is 5. The second-order valence-corrected chi connectivity index (χ2v) is 10.0. The number of hydrogen-bond donors (Lipinski definition) is 1. The van der Waals surface area contributed by atoms with Gasteiger partial charge < -0.3 is 10.2 Å².